The molecule has 25 heavy (non-hydrogen) atoms. The third-order valence-corrected chi connectivity index (χ3v) is 4.15. The van der Waals surface area contributed by atoms with E-state index in [4.69, 9.17) is 0 Å². The highest BCUT2D eigenvalue weighted by molar-refractivity contribution is 5.92. The van der Waals surface area contributed by atoms with Crippen LogP contribution in [0.3, 0.4) is 0 Å². The minimum absolute atomic E-state index is 0.247. The first kappa shape index (κ1) is 17.1. The number of halogens is 1. The van der Waals surface area contributed by atoms with Crippen molar-refractivity contribution >= 4 is 17.4 Å². The van der Waals surface area contributed by atoms with Crippen molar-refractivity contribution in [2.75, 3.05) is 11.9 Å². The van der Waals surface area contributed by atoms with Crippen LogP contribution in [0.4, 0.5) is 15.9 Å². The summed E-state index contributed by atoms with van der Waals surface area (Å²) in [7, 11) is 0. The van der Waals surface area contributed by atoms with E-state index in [9.17, 15) is 9.18 Å². The van der Waals surface area contributed by atoms with Crippen LogP contribution in [0.1, 0.15) is 42.6 Å². The van der Waals surface area contributed by atoms with Crippen LogP contribution in [-0.4, -0.2) is 22.6 Å². The molecule has 0 saturated carbocycles. The fourth-order valence-corrected chi connectivity index (χ4v) is 2.78. The number of carbonyl (C=O) groups excluding carboxylic acids is 1. The molecule has 2 N–H and O–H groups in total. The lowest BCUT2D eigenvalue weighted by atomic mass is 9.97. The Morgan fingerprint density at radius 1 is 1.12 bits per heavy atom. The van der Waals surface area contributed by atoms with Crippen molar-refractivity contribution < 1.29 is 9.18 Å². The molecule has 0 radical (unpaired) electrons. The number of nitrogens with one attached hydrogen (secondary N) is 2. The third kappa shape index (κ3) is 4.86. The van der Waals surface area contributed by atoms with E-state index in [0.29, 0.717) is 18.1 Å². The highest BCUT2D eigenvalue weighted by atomic mass is 19.1. The van der Waals surface area contributed by atoms with Crippen LogP contribution in [0.5, 0.6) is 0 Å². The molecule has 1 amide bonds. The second-order valence-corrected chi connectivity index (χ2v) is 6.02. The van der Waals surface area contributed by atoms with Gasteiger partial charge in [-0.05, 0) is 56.4 Å². The monoisotopic (exact) mass is 340 g/mol. The van der Waals surface area contributed by atoms with Gasteiger partial charge in [-0.15, -0.1) is 10.2 Å². The number of para-hydroxylation sites is 1. The summed E-state index contributed by atoms with van der Waals surface area (Å²) in [4.78, 5) is 12.1. The van der Waals surface area contributed by atoms with Crippen LogP contribution in [0.2, 0.25) is 0 Å². The zero-order chi connectivity index (χ0) is 17.5. The summed E-state index contributed by atoms with van der Waals surface area (Å²) in [5, 5.41) is 13.5. The summed E-state index contributed by atoms with van der Waals surface area (Å²) < 4.78 is 13.6. The molecule has 0 aliphatic heterocycles. The predicted molar refractivity (Wildman–Crippen MR) is 95.2 cm³/mol. The molecule has 0 bridgehead atoms. The number of nitrogens with zero attached hydrogens (tertiary/aromatic N) is 2. The zero-order valence-electron chi connectivity index (χ0n) is 14.0. The molecule has 6 heteroatoms. The molecule has 0 unspecified atom stereocenters. The fraction of sp³-hybridized carbons (Fsp3) is 0.316. The molecule has 1 aliphatic carbocycles. The van der Waals surface area contributed by atoms with E-state index in [2.05, 4.69) is 26.9 Å². The Kier molecular flexibility index (Phi) is 5.72. The van der Waals surface area contributed by atoms with Gasteiger partial charge in [0.25, 0.3) is 5.91 Å². The van der Waals surface area contributed by atoms with Crippen LogP contribution in [0.25, 0.3) is 0 Å². The van der Waals surface area contributed by atoms with Gasteiger partial charge in [0, 0.05) is 6.54 Å². The molecule has 130 valence electrons. The van der Waals surface area contributed by atoms with Gasteiger partial charge < -0.3 is 10.6 Å². The topological polar surface area (TPSA) is 66.9 Å². The van der Waals surface area contributed by atoms with Crippen LogP contribution in [0, 0.1) is 5.82 Å². The largest absolute Gasteiger partial charge is 0.350 e. The number of anilines is 2. The summed E-state index contributed by atoms with van der Waals surface area (Å²) in [6.07, 6.45) is 7.93. The molecule has 0 saturated heterocycles. The van der Waals surface area contributed by atoms with Gasteiger partial charge in [-0.25, -0.2) is 4.39 Å². The number of hydrogen-bond acceptors (Lipinski definition) is 4. The lowest BCUT2D eigenvalue weighted by Gasteiger charge is -2.12. The van der Waals surface area contributed by atoms with Crippen molar-refractivity contribution in [3.8, 4) is 0 Å². The first-order chi connectivity index (χ1) is 12.2. The molecule has 1 aromatic heterocycles. The van der Waals surface area contributed by atoms with E-state index in [0.717, 1.165) is 19.3 Å². The molecule has 0 atom stereocenters. The first-order valence-corrected chi connectivity index (χ1v) is 8.54. The lowest BCUT2D eigenvalue weighted by Crippen LogP contribution is -2.26. The standard InChI is InChI=1S/C19H21FN4O/c20-15-8-4-5-9-16(15)22-18-11-10-17(23-24-18)19(25)21-13-12-14-6-2-1-3-7-14/h4-6,8-11H,1-3,7,12-13H2,(H,21,25)(H,22,24). The molecule has 5 nitrogen and oxygen atoms in total. The Morgan fingerprint density at radius 2 is 2.00 bits per heavy atom. The van der Waals surface area contributed by atoms with E-state index < -0.39 is 0 Å². The van der Waals surface area contributed by atoms with Gasteiger partial charge in [-0.3, -0.25) is 4.79 Å². The predicted octanol–water partition coefficient (Wildman–Crippen LogP) is 3.98. The Labute approximate surface area is 146 Å². The molecule has 3 rings (SSSR count). The van der Waals surface area contributed by atoms with Crippen molar-refractivity contribution in [3.05, 3.63) is 59.6 Å². The van der Waals surface area contributed by atoms with Crippen molar-refractivity contribution in [2.45, 2.75) is 32.1 Å². The Hall–Kier alpha value is -2.76. The lowest BCUT2D eigenvalue weighted by molar-refractivity contribution is 0.0948. The second-order valence-electron chi connectivity index (χ2n) is 6.02. The average molecular weight is 340 g/mol. The van der Waals surface area contributed by atoms with Gasteiger partial charge in [0.05, 0.1) is 5.69 Å². The van der Waals surface area contributed by atoms with E-state index in [1.807, 2.05) is 0 Å². The maximum Gasteiger partial charge on any atom is 0.271 e. The van der Waals surface area contributed by atoms with E-state index in [-0.39, 0.29) is 17.4 Å². The van der Waals surface area contributed by atoms with Crippen molar-refractivity contribution in [3.63, 3.8) is 0 Å². The number of hydrogen-bond donors (Lipinski definition) is 2. The highest BCUT2D eigenvalue weighted by Gasteiger charge is 2.10. The normalized spacial score (nSPS) is 13.9. The summed E-state index contributed by atoms with van der Waals surface area (Å²) >= 11 is 0. The Morgan fingerprint density at radius 3 is 2.72 bits per heavy atom. The molecule has 1 aromatic carbocycles. The van der Waals surface area contributed by atoms with Gasteiger partial charge in [-0.2, -0.15) is 0 Å². The van der Waals surface area contributed by atoms with E-state index in [1.165, 1.54) is 24.5 Å². The number of allylic oxidation sites excluding steroid dienone is 1. The molecule has 1 heterocycles. The Bertz CT molecular complexity index is 758. The molecular weight excluding hydrogens is 319 g/mol. The van der Waals surface area contributed by atoms with Crippen LogP contribution in [0.15, 0.2) is 48.0 Å². The summed E-state index contributed by atoms with van der Waals surface area (Å²) in [6, 6.07) is 9.49. The minimum Gasteiger partial charge on any atom is -0.350 e. The van der Waals surface area contributed by atoms with Crippen molar-refractivity contribution in [2.24, 2.45) is 0 Å². The van der Waals surface area contributed by atoms with Crippen LogP contribution in [-0.2, 0) is 0 Å². The van der Waals surface area contributed by atoms with Crippen LogP contribution < -0.4 is 10.6 Å². The smallest absolute Gasteiger partial charge is 0.271 e. The maximum absolute atomic E-state index is 13.6. The number of amides is 1. The van der Waals surface area contributed by atoms with Gasteiger partial charge in [-0.1, -0.05) is 23.8 Å². The van der Waals surface area contributed by atoms with Gasteiger partial charge in [0.1, 0.15) is 5.82 Å². The molecule has 2 aromatic rings. The molecule has 0 spiro atoms. The summed E-state index contributed by atoms with van der Waals surface area (Å²) in [6.45, 7) is 0.599. The Balaban J connectivity index is 1.52. The molecule has 0 fully saturated rings. The highest BCUT2D eigenvalue weighted by Crippen LogP contribution is 2.19. The zero-order valence-corrected chi connectivity index (χ0v) is 14.0. The first-order valence-electron chi connectivity index (χ1n) is 8.54. The van der Waals surface area contributed by atoms with Gasteiger partial charge in [0.15, 0.2) is 11.5 Å². The quantitative estimate of drug-likeness (QED) is 0.781. The fourth-order valence-electron chi connectivity index (χ4n) is 2.78. The number of aromatic nitrogens is 2. The van der Waals surface area contributed by atoms with Crippen molar-refractivity contribution in [1.82, 2.24) is 15.5 Å². The average Bonchev–Trinajstić information content (AvgIpc) is 2.65. The number of rotatable bonds is 6. The summed E-state index contributed by atoms with van der Waals surface area (Å²) in [5.41, 5.74) is 1.98. The van der Waals surface area contributed by atoms with Crippen LogP contribution >= 0.6 is 0 Å². The number of benzene rings is 1. The van der Waals surface area contributed by atoms with Crippen molar-refractivity contribution in [1.29, 1.82) is 0 Å². The maximum atomic E-state index is 13.6. The second kappa shape index (κ2) is 8.37. The van der Waals surface area contributed by atoms with E-state index in [1.54, 1.807) is 30.3 Å². The van der Waals surface area contributed by atoms with Gasteiger partial charge in [0.2, 0.25) is 0 Å². The third-order valence-electron chi connectivity index (χ3n) is 4.15. The summed E-state index contributed by atoms with van der Waals surface area (Å²) in [5.74, 6) is -0.238. The minimum atomic E-state index is -0.372. The van der Waals surface area contributed by atoms with Gasteiger partial charge >= 0.3 is 0 Å². The number of carbonyl (C=O) groups is 1. The molecule has 1 aliphatic rings. The molecular formula is C19H21FN4O. The van der Waals surface area contributed by atoms with E-state index >= 15 is 0 Å². The SMILES string of the molecule is O=C(NCCC1=CCCCC1)c1ccc(Nc2ccccc2F)nn1.